The molecule has 0 saturated carbocycles. The first-order valence-corrected chi connectivity index (χ1v) is 11.8. The molecule has 1 saturated heterocycles. The molecular weight excluding hydrogens is 430 g/mol. The molecule has 0 atom stereocenters. The molecule has 0 bridgehead atoms. The first-order valence-electron chi connectivity index (χ1n) is 11.8. The van der Waals surface area contributed by atoms with Gasteiger partial charge < -0.3 is 20.4 Å². The SMILES string of the molecule is CC.NC1=C(NCCCN2CCN(c3nccc4occc34)CC2)C(=O)c2ccccc2C1=O. The number of benzene rings is 1. The normalized spacial score (nSPS) is 16.4. The first kappa shape index (κ1) is 23.5. The largest absolute Gasteiger partial charge is 0.464 e. The van der Waals surface area contributed by atoms with E-state index in [2.05, 4.69) is 20.1 Å². The Hall–Kier alpha value is -3.65. The summed E-state index contributed by atoms with van der Waals surface area (Å²) < 4.78 is 5.49. The number of nitrogens with one attached hydrogen (secondary N) is 1. The van der Waals surface area contributed by atoms with Gasteiger partial charge in [0.2, 0.25) is 11.6 Å². The van der Waals surface area contributed by atoms with E-state index in [4.69, 9.17) is 10.2 Å². The van der Waals surface area contributed by atoms with Crippen LogP contribution >= 0.6 is 0 Å². The van der Waals surface area contributed by atoms with Crippen LogP contribution in [-0.2, 0) is 0 Å². The Morgan fingerprint density at radius 3 is 2.44 bits per heavy atom. The number of allylic oxidation sites excluding steroid dienone is 2. The lowest BCUT2D eigenvalue weighted by Crippen LogP contribution is -2.47. The van der Waals surface area contributed by atoms with E-state index in [0.717, 1.165) is 55.9 Å². The van der Waals surface area contributed by atoms with Crippen molar-refractivity contribution >= 4 is 28.4 Å². The minimum Gasteiger partial charge on any atom is -0.464 e. The Morgan fingerprint density at radius 1 is 1.00 bits per heavy atom. The number of carbonyl (C=O) groups is 2. The van der Waals surface area contributed by atoms with E-state index in [9.17, 15) is 9.59 Å². The molecule has 2 aromatic heterocycles. The molecule has 3 N–H and O–H groups in total. The molecule has 3 heterocycles. The van der Waals surface area contributed by atoms with Crippen LogP contribution in [0, 0.1) is 0 Å². The van der Waals surface area contributed by atoms with Crippen molar-refractivity contribution in [2.24, 2.45) is 5.73 Å². The summed E-state index contributed by atoms with van der Waals surface area (Å²) in [5, 5.41) is 4.16. The van der Waals surface area contributed by atoms with Crippen molar-refractivity contribution < 1.29 is 14.0 Å². The number of nitrogens with zero attached hydrogens (tertiary/aromatic N) is 3. The number of ketones is 2. The van der Waals surface area contributed by atoms with E-state index in [1.807, 2.05) is 26.0 Å². The van der Waals surface area contributed by atoms with Crippen LogP contribution in [0.2, 0.25) is 0 Å². The number of hydrogen-bond acceptors (Lipinski definition) is 8. The lowest BCUT2D eigenvalue weighted by atomic mass is 9.90. The second-order valence-corrected chi connectivity index (χ2v) is 8.07. The second-order valence-electron chi connectivity index (χ2n) is 8.07. The van der Waals surface area contributed by atoms with Gasteiger partial charge in [0, 0.05) is 50.0 Å². The van der Waals surface area contributed by atoms with Crippen molar-refractivity contribution in [2.75, 3.05) is 44.2 Å². The fourth-order valence-corrected chi connectivity index (χ4v) is 4.40. The van der Waals surface area contributed by atoms with Gasteiger partial charge in [-0.15, -0.1) is 0 Å². The van der Waals surface area contributed by atoms with Gasteiger partial charge in [-0.2, -0.15) is 0 Å². The Labute approximate surface area is 199 Å². The van der Waals surface area contributed by atoms with Crippen LogP contribution < -0.4 is 16.0 Å². The molecule has 0 unspecified atom stereocenters. The van der Waals surface area contributed by atoms with Crippen LogP contribution in [0.5, 0.6) is 0 Å². The zero-order chi connectivity index (χ0) is 24.1. The molecule has 178 valence electrons. The summed E-state index contributed by atoms with van der Waals surface area (Å²) in [7, 11) is 0. The molecule has 1 aromatic carbocycles. The molecule has 1 aliphatic carbocycles. The molecule has 2 aliphatic rings. The van der Waals surface area contributed by atoms with Crippen molar-refractivity contribution in [2.45, 2.75) is 20.3 Å². The quantitative estimate of drug-likeness (QED) is 0.539. The monoisotopic (exact) mass is 461 g/mol. The Kier molecular flexibility index (Phi) is 7.27. The Bertz CT molecular complexity index is 1210. The van der Waals surface area contributed by atoms with Crippen LogP contribution in [-0.4, -0.2) is 60.7 Å². The number of carbonyl (C=O) groups excluding carboxylic acids is 2. The molecule has 5 rings (SSSR count). The molecule has 34 heavy (non-hydrogen) atoms. The van der Waals surface area contributed by atoms with Gasteiger partial charge in [0.05, 0.1) is 11.6 Å². The average molecular weight is 462 g/mol. The van der Waals surface area contributed by atoms with Crippen molar-refractivity contribution in [1.29, 1.82) is 0 Å². The number of piperazine rings is 1. The van der Waals surface area contributed by atoms with Gasteiger partial charge >= 0.3 is 0 Å². The van der Waals surface area contributed by atoms with E-state index in [1.165, 1.54) is 0 Å². The first-order chi connectivity index (χ1) is 16.6. The van der Waals surface area contributed by atoms with Crippen molar-refractivity contribution in [3.63, 3.8) is 0 Å². The van der Waals surface area contributed by atoms with Gasteiger partial charge in [0.15, 0.2) is 0 Å². The Morgan fingerprint density at radius 2 is 1.71 bits per heavy atom. The van der Waals surface area contributed by atoms with Crippen molar-refractivity contribution in [3.05, 3.63) is 71.4 Å². The number of aromatic nitrogens is 1. The lowest BCUT2D eigenvalue weighted by Gasteiger charge is -2.35. The molecule has 8 nitrogen and oxygen atoms in total. The number of nitrogens with two attached hydrogens (primary N) is 1. The summed E-state index contributed by atoms with van der Waals surface area (Å²) in [5.74, 6) is 0.466. The predicted octanol–water partition coefficient (Wildman–Crippen LogP) is 3.21. The fraction of sp³-hybridized carbons (Fsp3) is 0.346. The maximum absolute atomic E-state index is 12.7. The van der Waals surface area contributed by atoms with Gasteiger partial charge in [-0.3, -0.25) is 14.5 Å². The summed E-state index contributed by atoms with van der Waals surface area (Å²) >= 11 is 0. The maximum atomic E-state index is 12.7. The molecular formula is C26H31N5O3. The summed E-state index contributed by atoms with van der Waals surface area (Å²) in [6.07, 6.45) is 4.33. The highest BCUT2D eigenvalue weighted by Crippen LogP contribution is 2.26. The Balaban J connectivity index is 0.00000133. The summed E-state index contributed by atoms with van der Waals surface area (Å²) in [6.45, 7) is 9.14. The van der Waals surface area contributed by atoms with Crippen LogP contribution in [0.25, 0.3) is 11.0 Å². The number of hydrogen-bond donors (Lipinski definition) is 2. The van der Waals surface area contributed by atoms with E-state index in [-0.39, 0.29) is 23.0 Å². The average Bonchev–Trinajstić information content (AvgIpc) is 3.38. The summed E-state index contributed by atoms with van der Waals surface area (Å²) in [5.41, 5.74) is 7.84. The number of rotatable bonds is 6. The third-order valence-corrected chi connectivity index (χ3v) is 6.14. The molecule has 3 aromatic rings. The van der Waals surface area contributed by atoms with Gasteiger partial charge in [0.25, 0.3) is 0 Å². The highest BCUT2D eigenvalue weighted by Gasteiger charge is 2.30. The van der Waals surface area contributed by atoms with Gasteiger partial charge in [-0.1, -0.05) is 38.1 Å². The summed E-state index contributed by atoms with van der Waals surface area (Å²) in [6, 6.07) is 10.6. The fourth-order valence-electron chi connectivity index (χ4n) is 4.40. The van der Waals surface area contributed by atoms with E-state index in [1.54, 1.807) is 36.7 Å². The van der Waals surface area contributed by atoms with E-state index in [0.29, 0.717) is 17.7 Å². The molecule has 0 spiro atoms. The molecule has 0 amide bonds. The highest BCUT2D eigenvalue weighted by molar-refractivity contribution is 6.26. The zero-order valence-electron chi connectivity index (χ0n) is 19.7. The smallest absolute Gasteiger partial charge is 0.211 e. The standard InChI is InChI=1S/C24H25N5O3.C2H6/c25-20-21(23(31)17-5-2-1-4-16(17)22(20)30)26-8-3-10-28-11-13-29(14-12-28)24-18-7-15-32-19(18)6-9-27-24;1-2/h1-2,4-7,9,15,26H,3,8,10-14,25H2;1-2H3. The van der Waals surface area contributed by atoms with Crippen LogP contribution in [0.1, 0.15) is 41.0 Å². The highest BCUT2D eigenvalue weighted by atomic mass is 16.3. The zero-order valence-corrected chi connectivity index (χ0v) is 19.7. The topological polar surface area (TPSA) is 105 Å². The molecule has 1 fully saturated rings. The molecule has 1 aliphatic heterocycles. The molecule has 8 heteroatoms. The second kappa shape index (κ2) is 10.5. The van der Waals surface area contributed by atoms with Crippen molar-refractivity contribution in [1.82, 2.24) is 15.2 Å². The van der Waals surface area contributed by atoms with Gasteiger partial charge in [0.1, 0.15) is 22.8 Å². The lowest BCUT2D eigenvalue weighted by molar-refractivity contribution is 0.0967. The maximum Gasteiger partial charge on any atom is 0.211 e. The van der Waals surface area contributed by atoms with E-state index >= 15 is 0 Å². The number of Topliss-reactive ketones (excluding diaryl/α,β-unsaturated/α-hetero) is 2. The number of pyridine rings is 1. The van der Waals surface area contributed by atoms with Crippen LogP contribution in [0.15, 0.2) is 64.7 Å². The van der Waals surface area contributed by atoms with Gasteiger partial charge in [-0.25, -0.2) is 4.98 Å². The third kappa shape index (κ3) is 4.54. The van der Waals surface area contributed by atoms with Crippen LogP contribution in [0.4, 0.5) is 5.82 Å². The number of fused-ring (bicyclic) bond motifs is 2. The minimum atomic E-state index is -0.292. The number of anilines is 1. The predicted molar refractivity (Wildman–Crippen MR) is 133 cm³/mol. The van der Waals surface area contributed by atoms with E-state index < -0.39 is 0 Å². The molecule has 0 radical (unpaired) electrons. The van der Waals surface area contributed by atoms with Gasteiger partial charge in [-0.05, 0) is 25.1 Å². The summed E-state index contributed by atoms with van der Waals surface area (Å²) in [4.78, 5) is 34.4. The third-order valence-electron chi connectivity index (χ3n) is 6.14. The minimum absolute atomic E-state index is 0.00300. The number of furan rings is 1. The van der Waals surface area contributed by atoms with Crippen molar-refractivity contribution in [3.8, 4) is 0 Å². The van der Waals surface area contributed by atoms with Crippen LogP contribution in [0.3, 0.4) is 0 Å².